The maximum absolute atomic E-state index is 12.3. The predicted octanol–water partition coefficient (Wildman–Crippen LogP) is 2.27. The van der Waals surface area contributed by atoms with Crippen molar-refractivity contribution in [3.05, 3.63) is 35.9 Å². The summed E-state index contributed by atoms with van der Waals surface area (Å²) in [6.45, 7) is 1.21. The van der Waals surface area contributed by atoms with Crippen LogP contribution in [0, 0.1) is 0 Å². The average Bonchev–Trinajstić information content (AvgIpc) is 3.02. The molecule has 0 saturated carbocycles. The summed E-state index contributed by atoms with van der Waals surface area (Å²) < 4.78 is 0. The van der Waals surface area contributed by atoms with Gasteiger partial charge < -0.3 is 15.1 Å². The molecule has 0 spiro atoms. The lowest BCUT2D eigenvalue weighted by atomic mass is 10.0. The molecule has 1 aromatic carbocycles. The number of benzene rings is 1. The first-order valence-corrected chi connectivity index (χ1v) is 8.36. The molecule has 3 amide bonds. The monoisotopic (exact) mass is 317 g/mol. The topological polar surface area (TPSA) is 52.7 Å². The lowest BCUT2D eigenvalue weighted by Crippen LogP contribution is -2.44. The van der Waals surface area contributed by atoms with Gasteiger partial charge in [-0.15, -0.1) is 0 Å². The van der Waals surface area contributed by atoms with Crippen LogP contribution in [-0.4, -0.2) is 55.0 Å². The Morgan fingerprint density at radius 2 is 2.00 bits per heavy atom. The van der Waals surface area contributed by atoms with Crippen molar-refractivity contribution < 1.29 is 9.59 Å². The highest BCUT2D eigenvalue weighted by Crippen LogP contribution is 2.21. The average molecular weight is 317 g/mol. The largest absolute Gasteiger partial charge is 0.349 e. The Balaban J connectivity index is 1.76. The Labute approximate surface area is 138 Å². The van der Waals surface area contributed by atoms with Gasteiger partial charge in [0, 0.05) is 39.6 Å². The number of carbonyl (C=O) groups excluding carboxylic acids is 2. The molecule has 0 aromatic heterocycles. The van der Waals surface area contributed by atoms with Crippen LogP contribution < -0.4 is 5.32 Å². The van der Waals surface area contributed by atoms with Gasteiger partial charge in [-0.2, -0.15) is 0 Å². The number of amides is 3. The van der Waals surface area contributed by atoms with Gasteiger partial charge in [-0.25, -0.2) is 4.79 Å². The molecule has 1 atom stereocenters. The second-order valence-electron chi connectivity index (χ2n) is 6.28. The highest BCUT2D eigenvalue weighted by molar-refractivity contribution is 5.78. The lowest BCUT2D eigenvalue weighted by molar-refractivity contribution is -0.128. The van der Waals surface area contributed by atoms with E-state index in [1.54, 1.807) is 19.0 Å². The van der Waals surface area contributed by atoms with Gasteiger partial charge in [0.15, 0.2) is 0 Å². The second kappa shape index (κ2) is 8.56. The molecule has 1 aromatic rings. The number of carbonyl (C=O) groups is 2. The summed E-state index contributed by atoms with van der Waals surface area (Å²) in [6.07, 6.45) is 4.46. The maximum atomic E-state index is 12.3. The van der Waals surface area contributed by atoms with Crippen molar-refractivity contribution in [2.24, 2.45) is 0 Å². The Morgan fingerprint density at radius 1 is 1.26 bits per heavy atom. The van der Waals surface area contributed by atoms with E-state index in [2.05, 4.69) is 29.6 Å². The fourth-order valence-electron chi connectivity index (χ4n) is 2.98. The van der Waals surface area contributed by atoms with Crippen molar-refractivity contribution in [2.75, 3.05) is 27.2 Å². The van der Waals surface area contributed by atoms with Crippen LogP contribution in [0.1, 0.15) is 31.2 Å². The minimum atomic E-state index is -0.0351. The third kappa shape index (κ3) is 5.27. The Kier molecular flexibility index (Phi) is 6.44. The van der Waals surface area contributed by atoms with Crippen molar-refractivity contribution in [3.63, 3.8) is 0 Å². The van der Waals surface area contributed by atoms with E-state index in [1.165, 1.54) is 5.56 Å². The van der Waals surface area contributed by atoms with Crippen LogP contribution in [0.15, 0.2) is 30.3 Å². The van der Waals surface area contributed by atoms with Crippen LogP contribution in [0.2, 0.25) is 0 Å². The molecule has 0 radical (unpaired) electrons. The number of hydrogen-bond donors (Lipinski definition) is 1. The van der Waals surface area contributed by atoms with E-state index < -0.39 is 0 Å². The molecule has 23 heavy (non-hydrogen) atoms. The van der Waals surface area contributed by atoms with E-state index in [0.29, 0.717) is 19.0 Å². The number of nitrogens with zero attached hydrogens (tertiary/aromatic N) is 2. The molecule has 1 N–H and O–H groups in total. The zero-order chi connectivity index (χ0) is 16.7. The summed E-state index contributed by atoms with van der Waals surface area (Å²) in [5.74, 6) is 0.0346. The molecule has 0 bridgehead atoms. The smallest absolute Gasteiger partial charge is 0.317 e. The van der Waals surface area contributed by atoms with Crippen molar-refractivity contribution in [1.82, 2.24) is 15.1 Å². The summed E-state index contributed by atoms with van der Waals surface area (Å²) in [6, 6.07) is 10.7. The third-order valence-corrected chi connectivity index (χ3v) is 4.36. The van der Waals surface area contributed by atoms with Crippen LogP contribution in [0.4, 0.5) is 4.79 Å². The summed E-state index contributed by atoms with van der Waals surface area (Å²) >= 11 is 0. The van der Waals surface area contributed by atoms with E-state index in [1.807, 2.05) is 11.0 Å². The molecule has 1 aliphatic heterocycles. The molecule has 126 valence electrons. The van der Waals surface area contributed by atoms with E-state index in [4.69, 9.17) is 0 Å². The molecule has 1 heterocycles. The molecule has 1 unspecified atom stereocenters. The minimum absolute atomic E-state index is 0.0346. The van der Waals surface area contributed by atoms with E-state index in [-0.39, 0.29) is 11.9 Å². The lowest BCUT2D eigenvalue weighted by Gasteiger charge is -2.25. The van der Waals surface area contributed by atoms with Crippen LogP contribution in [0.5, 0.6) is 0 Å². The van der Waals surface area contributed by atoms with E-state index in [9.17, 15) is 9.59 Å². The van der Waals surface area contributed by atoms with Crippen LogP contribution in [-0.2, 0) is 11.2 Å². The number of rotatable bonds is 6. The predicted molar refractivity (Wildman–Crippen MR) is 91.2 cm³/mol. The van der Waals surface area contributed by atoms with Gasteiger partial charge in [-0.1, -0.05) is 30.3 Å². The molecule has 5 nitrogen and oxygen atoms in total. The van der Waals surface area contributed by atoms with E-state index in [0.717, 1.165) is 32.2 Å². The van der Waals surface area contributed by atoms with Gasteiger partial charge >= 0.3 is 6.03 Å². The van der Waals surface area contributed by atoms with Gasteiger partial charge in [0.05, 0.1) is 0 Å². The molecule has 5 heteroatoms. The van der Waals surface area contributed by atoms with Crippen molar-refractivity contribution in [1.29, 1.82) is 0 Å². The van der Waals surface area contributed by atoms with Gasteiger partial charge in [-0.3, -0.25) is 4.79 Å². The standard InChI is InChI=1S/C18H27N3O2/c1-20(2)17(22)12-13-19-18(23)21-14-6-9-16(21)11-10-15-7-4-3-5-8-15/h3-5,7-8,16H,6,9-14H2,1-2H3,(H,19,23). The molecule has 1 saturated heterocycles. The fraction of sp³-hybridized carbons (Fsp3) is 0.556. The quantitative estimate of drug-likeness (QED) is 0.875. The first kappa shape index (κ1) is 17.3. The summed E-state index contributed by atoms with van der Waals surface area (Å²) in [5.41, 5.74) is 1.32. The van der Waals surface area contributed by atoms with Crippen molar-refractivity contribution in [3.8, 4) is 0 Å². The van der Waals surface area contributed by atoms with Gasteiger partial charge in [-0.05, 0) is 31.2 Å². The summed E-state index contributed by atoms with van der Waals surface area (Å²) in [7, 11) is 3.45. The van der Waals surface area contributed by atoms with Crippen LogP contribution in [0.3, 0.4) is 0 Å². The zero-order valence-corrected chi connectivity index (χ0v) is 14.1. The molecular formula is C18H27N3O2. The summed E-state index contributed by atoms with van der Waals surface area (Å²) in [5, 5.41) is 2.88. The number of aryl methyl sites for hydroxylation is 1. The molecule has 1 aliphatic rings. The van der Waals surface area contributed by atoms with Gasteiger partial charge in [0.1, 0.15) is 0 Å². The molecule has 1 fully saturated rings. The maximum Gasteiger partial charge on any atom is 0.317 e. The molecule has 2 rings (SSSR count). The van der Waals surface area contributed by atoms with Gasteiger partial charge in [0.25, 0.3) is 0 Å². The fourth-order valence-corrected chi connectivity index (χ4v) is 2.98. The van der Waals surface area contributed by atoms with E-state index >= 15 is 0 Å². The van der Waals surface area contributed by atoms with Crippen molar-refractivity contribution >= 4 is 11.9 Å². The summed E-state index contributed by atoms with van der Waals surface area (Å²) in [4.78, 5) is 27.3. The highest BCUT2D eigenvalue weighted by Gasteiger charge is 2.28. The first-order chi connectivity index (χ1) is 11.1. The second-order valence-corrected chi connectivity index (χ2v) is 6.28. The Hall–Kier alpha value is -2.04. The number of urea groups is 1. The van der Waals surface area contributed by atoms with Gasteiger partial charge in [0.2, 0.25) is 5.91 Å². The Morgan fingerprint density at radius 3 is 2.70 bits per heavy atom. The third-order valence-electron chi connectivity index (χ3n) is 4.36. The Bertz CT molecular complexity index is 516. The normalized spacial score (nSPS) is 17.1. The number of likely N-dealkylation sites (tertiary alicyclic amines) is 1. The first-order valence-electron chi connectivity index (χ1n) is 8.36. The number of nitrogens with one attached hydrogen (secondary N) is 1. The zero-order valence-electron chi connectivity index (χ0n) is 14.1. The minimum Gasteiger partial charge on any atom is -0.349 e. The molecule has 0 aliphatic carbocycles. The highest BCUT2D eigenvalue weighted by atomic mass is 16.2. The number of hydrogen-bond acceptors (Lipinski definition) is 2. The van der Waals surface area contributed by atoms with Crippen molar-refractivity contribution in [2.45, 2.75) is 38.1 Å². The molecular weight excluding hydrogens is 290 g/mol. The SMILES string of the molecule is CN(C)C(=O)CCNC(=O)N1CCCC1CCc1ccccc1. The van der Waals surface area contributed by atoms with Crippen LogP contribution in [0.25, 0.3) is 0 Å². The van der Waals surface area contributed by atoms with Crippen LogP contribution >= 0.6 is 0 Å².